The van der Waals surface area contributed by atoms with Crippen molar-refractivity contribution in [1.29, 1.82) is 0 Å². The molecule has 6 atom stereocenters. The van der Waals surface area contributed by atoms with Crippen molar-refractivity contribution in [2.75, 3.05) is 6.61 Å². The molecule has 0 aromatic heterocycles. The van der Waals surface area contributed by atoms with E-state index in [4.69, 9.17) is 23.7 Å². The maximum absolute atomic E-state index is 15.5. The highest BCUT2D eigenvalue weighted by atomic mass is 31.2. The van der Waals surface area contributed by atoms with Gasteiger partial charge in [0.05, 0.1) is 25.5 Å². The van der Waals surface area contributed by atoms with E-state index in [1.165, 1.54) is 20.8 Å². The Kier molecular flexibility index (Phi) is 10.7. The molecular formula is C32H35O9P. The second kappa shape index (κ2) is 14.4. The zero-order chi connectivity index (χ0) is 30.1. The van der Waals surface area contributed by atoms with Gasteiger partial charge in [0, 0.05) is 26.1 Å². The molecule has 0 unspecified atom stereocenters. The van der Waals surface area contributed by atoms with E-state index in [9.17, 15) is 14.4 Å². The quantitative estimate of drug-likeness (QED) is 0.178. The normalized spacial score (nSPS) is 25.3. The topological polar surface area (TPSA) is 114 Å². The lowest BCUT2D eigenvalue weighted by Gasteiger charge is -2.48. The minimum Gasteiger partial charge on any atom is -0.459 e. The van der Waals surface area contributed by atoms with E-state index >= 15 is 4.57 Å². The monoisotopic (exact) mass is 594 g/mol. The highest BCUT2D eigenvalue weighted by Crippen LogP contribution is 2.62. The zero-order valence-corrected chi connectivity index (χ0v) is 24.7. The first-order valence-corrected chi connectivity index (χ1v) is 15.5. The number of rotatable bonds is 11. The smallest absolute Gasteiger partial charge is 0.303 e. The highest BCUT2D eigenvalue weighted by Gasteiger charge is 2.63. The molecule has 222 valence electrons. The first-order chi connectivity index (χ1) is 20.2. The molecule has 0 amide bonds. The second-order valence-electron chi connectivity index (χ2n) is 10.0. The summed E-state index contributed by atoms with van der Waals surface area (Å²) in [6.45, 7) is 3.75. The van der Waals surface area contributed by atoms with Crippen LogP contribution in [0.15, 0.2) is 91.0 Å². The van der Waals surface area contributed by atoms with E-state index in [2.05, 4.69) is 0 Å². The van der Waals surface area contributed by atoms with Crippen LogP contribution in [0, 0.1) is 0 Å². The van der Waals surface area contributed by atoms with Gasteiger partial charge in [0.25, 0.3) is 0 Å². The predicted octanol–water partition coefficient (Wildman–Crippen LogP) is 4.61. The molecule has 0 saturated carbocycles. The van der Waals surface area contributed by atoms with E-state index < -0.39 is 54.9 Å². The van der Waals surface area contributed by atoms with Crippen LogP contribution in [-0.4, -0.2) is 54.3 Å². The van der Waals surface area contributed by atoms with Gasteiger partial charge in [-0.25, -0.2) is 0 Å². The predicted molar refractivity (Wildman–Crippen MR) is 155 cm³/mol. The van der Waals surface area contributed by atoms with Gasteiger partial charge >= 0.3 is 17.9 Å². The van der Waals surface area contributed by atoms with E-state index in [0.29, 0.717) is 5.30 Å². The number of esters is 3. The van der Waals surface area contributed by atoms with Crippen LogP contribution in [0.3, 0.4) is 0 Å². The Morgan fingerprint density at radius 1 is 0.619 bits per heavy atom. The third kappa shape index (κ3) is 7.53. The fourth-order valence-corrected chi connectivity index (χ4v) is 8.85. The Morgan fingerprint density at radius 2 is 1.10 bits per heavy atom. The van der Waals surface area contributed by atoms with Crippen LogP contribution < -0.4 is 5.30 Å². The number of carbonyl (C=O) groups is 3. The maximum atomic E-state index is 15.5. The van der Waals surface area contributed by atoms with Gasteiger partial charge in [-0.15, -0.1) is 0 Å². The molecule has 1 aliphatic rings. The molecule has 0 spiro atoms. The second-order valence-corrected chi connectivity index (χ2v) is 13.1. The van der Waals surface area contributed by atoms with E-state index in [1.54, 1.807) is 30.3 Å². The van der Waals surface area contributed by atoms with Gasteiger partial charge in [-0.2, -0.15) is 0 Å². The number of hydrogen-bond donors (Lipinski definition) is 0. The van der Waals surface area contributed by atoms with E-state index in [0.717, 1.165) is 11.1 Å². The molecule has 9 nitrogen and oxygen atoms in total. The lowest BCUT2D eigenvalue weighted by Crippen LogP contribution is -2.62. The van der Waals surface area contributed by atoms with Crippen LogP contribution in [0.5, 0.6) is 0 Å². The van der Waals surface area contributed by atoms with E-state index in [-0.39, 0.29) is 19.8 Å². The van der Waals surface area contributed by atoms with Crippen molar-refractivity contribution in [2.24, 2.45) is 0 Å². The summed E-state index contributed by atoms with van der Waals surface area (Å²) in [5.41, 5.74) is 0.681. The van der Waals surface area contributed by atoms with Gasteiger partial charge in [0.15, 0.2) is 19.1 Å². The van der Waals surface area contributed by atoms with E-state index in [1.807, 2.05) is 60.7 Å². The average Bonchev–Trinajstić information content (AvgIpc) is 2.97. The van der Waals surface area contributed by atoms with Crippen molar-refractivity contribution in [3.8, 4) is 0 Å². The number of carbonyl (C=O) groups excluding carboxylic acids is 3. The van der Waals surface area contributed by atoms with Gasteiger partial charge in [-0.3, -0.25) is 14.4 Å². The van der Waals surface area contributed by atoms with Crippen molar-refractivity contribution in [3.63, 3.8) is 0 Å². The zero-order valence-electron chi connectivity index (χ0n) is 23.8. The van der Waals surface area contributed by atoms with Gasteiger partial charge < -0.3 is 28.2 Å². The van der Waals surface area contributed by atoms with Crippen LogP contribution in [0.1, 0.15) is 31.9 Å². The van der Waals surface area contributed by atoms with Crippen molar-refractivity contribution in [1.82, 2.24) is 0 Å². The third-order valence-corrected chi connectivity index (χ3v) is 10.6. The van der Waals surface area contributed by atoms with Crippen LogP contribution >= 0.6 is 7.14 Å². The Balaban J connectivity index is 1.84. The van der Waals surface area contributed by atoms with Gasteiger partial charge in [-0.05, 0) is 11.1 Å². The first kappa shape index (κ1) is 31.2. The molecular weight excluding hydrogens is 559 g/mol. The van der Waals surface area contributed by atoms with Crippen molar-refractivity contribution < 1.29 is 42.6 Å². The Hall–Kier alpha value is -3.78. The molecule has 1 saturated heterocycles. The lowest BCUT2D eigenvalue weighted by molar-refractivity contribution is -0.194. The number of ether oxygens (including phenoxy) is 5. The van der Waals surface area contributed by atoms with Gasteiger partial charge in [-0.1, -0.05) is 91.0 Å². The average molecular weight is 595 g/mol. The molecule has 42 heavy (non-hydrogen) atoms. The number of benzene rings is 3. The van der Waals surface area contributed by atoms with Crippen LogP contribution in [-0.2, 0) is 55.8 Å². The molecule has 1 aliphatic heterocycles. The third-order valence-electron chi connectivity index (χ3n) is 6.91. The molecule has 1 fully saturated rings. The molecule has 3 aromatic rings. The summed E-state index contributed by atoms with van der Waals surface area (Å²) in [6, 6.07) is 27.2. The van der Waals surface area contributed by atoms with Gasteiger partial charge in [0.2, 0.25) is 0 Å². The van der Waals surface area contributed by atoms with Crippen molar-refractivity contribution in [3.05, 3.63) is 102 Å². The Bertz CT molecular complexity index is 1380. The molecule has 0 aliphatic carbocycles. The highest BCUT2D eigenvalue weighted by molar-refractivity contribution is 7.73. The molecule has 10 heteroatoms. The van der Waals surface area contributed by atoms with Crippen LogP contribution in [0.4, 0.5) is 0 Å². The fraction of sp³-hybridized carbons (Fsp3) is 0.344. The molecule has 0 radical (unpaired) electrons. The summed E-state index contributed by atoms with van der Waals surface area (Å²) in [5.74, 6) is -3.50. The Morgan fingerprint density at radius 3 is 1.62 bits per heavy atom. The largest absolute Gasteiger partial charge is 0.459 e. The van der Waals surface area contributed by atoms with Crippen LogP contribution in [0.2, 0.25) is 0 Å². The summed E-state index contributed by atoms with van der Waals surface area (Å²) >= 11 is 0. The number of hydrogen-bond acceptors (Lipinski definition) is 9. The maximum Gasteiger partial charge on any atom is 0.303 e. The SMILES string of the molecule is CC(=O)O[C@@H]1[C@@H](OCc2ccccc2)[C@H](OC(C)=O)[C@@H](COCc2ccccc2)[P@](=O)(c2ccccc2)[C@H]1OC(C)=O. The summed E-state index contributed by atoms with van der Waals surface area (Å²) in [5, 5.41) is 0.361. The van der Waals surface area contributed by atoms with Gasteiger partial charge in [0.1, 0.15) is 12.2 Å². The fourth-order valence-electron chi connectivity index (χ4n) is 5.20. The summed E-state index contributed by atoms with van der Waals surface area (Å²) in [6.07, 6.45) is -3.67. The summed E-state index contributed by atoms with van der Waals surface area (Å²) < 4.78 is 45.2. The minimum atomic E-state index is -3.92. The van der Waals surface area contributed by atoms with Crippen molar-refractivity contribution in [2.45, 2.75) is 63.8 Å². The van der Waals surface area contributed by atoms with Crippen LogP contribution in [0.25, 0.3) is 0 Å². The molecule has 4 rings (SSSR count). The standard InChI is InChI=1S/C32H35O9P/c1-22(33)39-29-28(21-37-19-25-13-7-4-8-14-25)42(36,27-17-11-6-12-18-27)32(41-24(3)35)31(40-23(2)34)30(29)38-20-26-15-9-5-10-16-26/h4-18,28-32H,19-21H2,1-3H3/t28-,29-,30+,31-,32-,42-/m1/s1. The summed E-state index contributed by atoms with van der Waals surface area (Å²) in [7, 11) is -3.92. The Labute approximate surface area is 245 Å². The molecule has 0 N–H and O–H groups in total. The van der Waals surface area contributed by atoms with Crippen molar-refractivity contribution >= 4 is 30.4 Å². The molecule has 3 aromatic carbocycles. The molecule has 1 heterocycles. The summed E-state index contributed by atoms with van der Waals surface area (Å²) in [4.78, 5) is 37.4. The first-order valence-electron chi connectivity index (χ1n) is 13.6. The lowest BCUT2D eigenvalue weighted by atomic mass is 10.0. The molecule has 0 bridgehead atoms. The minimum absolute atomic E-state index is 0.0566.